The highest BCUT2D eigenvalue weighted by Gasteiger charge is 2.26. The Labute approximate surface area is 157 Å². The van der Waals surface area contributed by atoms with Crippen molar-refractivity contribution in [1.29, 1.82) is 0 Å². The molecule has 0 aliphatic heterocycles. The number of aldehydes is 1. The zero-order valence-electron chi connectivity index (χ0n) is 15.3. The van der Waals surface area contributed by atoms with E-state index in [1.807, 2.05) is 13.0 Å². The number of amides is 2. The van der Waals surface area contributed by atoms with Crippen LogP contribution in [-0.4, -0.2) is 35.9 Å². The van der Waals surface area contributed by atoms with Gasteiger partial charge < -0.3 is 19.8 Å². The van der Waals surface area contributed by atoms with Crippen molar-refractivity contribution in [3.8, 4) is 5.75 Å². The van der Waals surface area contributed by atoms with Gasteiger partial charge in [-0.2, -0.15) is 0 Å². The molecule has 2 amide bonds. The summed E-state index contributed by atoms with van der Waals surface area (Å²) in [7, 11) is 1.53. The van der Waals surface area contributed by atoms with Crippen LogP contribution in [0.2, 0.25) is 0 Å². The SMILES string of the molecule is CCCOc1ccc(C(C=O)N(C(=O)NC)c2ccc3[nH]cnc3c2)cc1. The predicted molar refractivity (Wildman–Crippen MR) is 104 cm³/mol. The third-order valence-electron chi connectivity index (χ3n) is 4.22. The van der Waals surface area contributed by atoms with E-state index in [9.17, 15) is 9.59 Å². The van der Waals surface area contributed by atoms with Crippen molar-refractivity contribution < 1.29 is 14.3 Å². The summed E-state index contributed by atoms with van der Waals surface area (Å²) in [5, 5.41) is 2.60. The second kappa shape index (κ2) is 8.35. The quantitative estimate of drug-likeness (QED) is 0.627. The first-order valence-corrected chi connectivity index (χ1v) is 8.80. The highest BCUT2D eigenvalue weighted by Crippen LogP contribution is 2.29. The zero-order valence-corrected chi connectivity index (χ0v) is 15.3. The van der Waals surface area contributed by atoms with E-state index in [2.05, 4.69) is 15.3 Å². The van der Waals surface area contributed by atoms with Crippen LogP contribution in [0.1, 0.15) is 24.9 Å². The molecule has 1 atom stereocenters. The third-order valence-corrected chi connectivity index (χ3v) is 4.22. The summed E-state index contributed by atoms with van der Waals surface area (Å²) in [5.41, 5.74) is 2.85. The van der Waals surface area contributed by atoms with Crippen LogP contribution in [0.3, 0.4) is 0 Å². The number of imidazole rings is 1. The van der Waals surface area contributed by atoms with E-state index in [0.717, 1.165) is 29.5 Å². The molecule has 2 aromatic carbocycles. The van der Waals surface area contributed by atoms with Gasteiger partial charge in [0.1, 0.15) is 18.1 Å². The molecule has 0 spiro atoms. The van der Waals surface area contributed by atoms with Crippen LogP contribution in [0.25, 0.3) is 11.0 Å². The molecular formula is C20H22N4O3. The topological polar surface area (TPSA) is 87.3 Å². The maximum atomic E-state index is 12.6. The van der Waals surface area contributed by atoms with E-state index in [-0.39, 0.29) is 6.03 Å². The van der Waals surface area contributed by atoms with Crippen molar-refractivity contribution in [2.75, 3.05) is 18.6 Å². The molecule has 3 aromatic rings. The Morgan fingerprint density at radius 3 is 2.74 bits per heavy atom. The number of benzene rings is 2. The number of carbonyl (C=O) groups excluding carboxylic acids is 2. The van der Waals surface area contributed by atoms with Gasteiger partial charge in [0.15, 0.2) is 0 Å². The number of carbonyl (C=O) groups is 2. The molecule has 0 radical (unpaired) electrons. The number of hydrogen-bond acceptors (Lipinski definition) is 4. The molecule has 1 heterocycles. The Morgan fingerprint density at radius 2 is 2.07 bits per heavy atom. The first-order valence-electron chi connectivity index (χ1n) is 8.80. The van der Waals surface area contributed by atoms with Gasteiger partial charge in [-0.1, -0.05) is 19.1 Å². The highest BCUT2D eigenvalue weighted by atomic mass is 16.5. The summed E-state index contributed by atoms with van der Waals surface area (Å²) in [4.78, 5) is 33.2. The number of nitrogens with one attached hydrogen (secondary N) is 2. The molecule has 0 aliphatic rings. The molecule has 3 rings (SSSR count). The van der Waals surface area contributed by atoms with Crippen molar-refractivity contribution in [3.63, 3.8) is 0 Å². The smallest absolute Gasteiger partial charge is 0.322 e. The Kier molecular flexibility index (Phi) is 5.71. The lowest BCUT2D eigenvalue weighted by Crippen LogP contribution is -2.41. The summed E-state index contributed by atoms with van der Waals surface area (Å²) in [6, 6.07) is 11.4. The Balaban J connectivity index is 1.96. The van der Waals surface area contributed by atoms with E-state index < -0.39 is 6.04 Å². The number of rotatable bonds is 7. The standard InChI is InChI=1S/C20H22N4O3/c1-3-10-27-16-7-4-14(5-8-16)19(12-25)24(20(26)21-2)15-6-9-17-18(11-15)23-13-22-17/h4-9,11-13,19H,3,10H2,1-2H3,(H,21,26)(H,22,23). The zero-order chi connectivity index (χ0) is 19.2. The molecule has 2 N–H and O–H groups in total. The summed E-state index contributed by atoms with van der Waals surface area (Å²) in [6.45, 7) is 2.67. The number of aromatic amines is 1. The molecule has 0 saturated heterocycles. The van der Waals surface area contributed by atoms with E-state index in [1.54, 1.807) is 42.7 Å². The molecule has 7 nitrogen and oxygen atoms in total. The van der Waals surface area contributed by atoms with Gasteiger partial charge in [0.25, 0.3) is 0 Å². The summed E-state index contributed by atoms with van der Waals surface area (Å²) >= 11 is 0. The lowest BCUT2D eigenvalue weighted by molar-refractivity contribution is -0.109. The highest BCUT2D eigenvalue weighted by molar-refractivity contribution is 5.98. The number of anilines is 1. The van der Waals surface area contributed by atoms with E-state index in [0.29, 0.717) is 17.9 Å². The van der Waals surface area contributed by atoms with E-state index in [4.69, 9.17) is 4.74 Å². The molecule has 1 unspecified atom stereocenters. The van der Waals surface area contributed by atoms with E-state index in [1.165, 1.54) is 11.9 Å². The van der Waals surface area contributed by atoms with Gasteiger partial charge >= 0.3 is 6.03 Å². The van der Waals surface area contributed by atoms with Gasteiger partial charge in [-0.3, -0.25) is 4.90 Å². The van der Waals surface area contributed by atoms with Crippen molar-refractivity contribution in [2.45, 2.75) is 19.4 Å². The summed E-state index contributed by atoms with van der Waals surface area (Å²) < 4.78 is 5.58. The van der Waals surface area contributed by atoms with Crippen LogP contribution in [0, 0.1) is 0 Å². The van der Waals surface area contributed by atoms with Gasteiger partial charge in [0, 0.05) is 12.7 Å². The third kappa shape index (κ3) is 3.92. The number of urea groups is 1. The average Bonchev–Trinajstić information content (AvgIpc) is 3.18. The first-order chi connectivity index (χ1) is 13.2. The molecule has 140 valence electrons. The fourth-order valence-electron chi connectivity index (χ4n) is 2.86. The van der Waals surface area contributed by atoms with Crippen molar-refractivity contribution in [3.05, 3.63) is 54.4 Å². The Hall–Kier alpha value is -3.35. The number of nitrogens with zero attached hydrogens (tertiary/aromatic N) is 2. The van der Waals surface area contributed by atoms with Crippen molar-refractivity contribution in [1.82, 2.24) is 15.3 Å². The second-order valence-corrected chi connectivity index (χ2v) is 6.03. The largest absolute Gasteiger partial charge is 0.494 e. The maximum Gasteiger partial charge on any atom is 0.322 e. The molecular weight excluding hydrogens is 344 g/mol. The summed E-state index contributed by atoms with van der Waals surface area (Å²) in [6.07, 6.45) is 3.26. The molecule has 0 fully saturated rings. The molecule has 7 heteroatoms. The van der Waals surface area contributed by atoms with Gasteiger partial charge in [-0.15, -0.1) is 0 Å². The number of aromatic nitrogens is 2. The van der Waals surface area contributed by atoms with Crippen LogP contribution >= 0.6 is 0 Å². The molecule has 27 heavy (non-hydrogen) atoms. The molecule has 1 aromatic heterocycles. The molecule has 0 aliphatic carbocycles. The number of hydrogen-bond donors (Lipinski definition) is 2. The van der Waals surface area contributed by atoms with E-state index >= 15 is 0 Å². The minimum absolute atomic E-state index is 0.381. The van der Waals surface area contributed by atoms with Gasteiger partial charge in [0.05, 0.1) is 24.0 Å². The lowest BCUT2D eigenvalue weighted by Gasteiger charge is -2.28. The fourth-order valence-corrected chi connectivity index (χ4v) is 2.86. The average molecular weight is 366 g/mol. The first kappa shape index (κ1) is 18.4. The van der Waals surface area contributed by atoms with Crippen LogP contribution in [-0.2, 0) is 4.79 Å². The predicted octanol–water partition coefficient (Wildman–Crippen LogP) is 3.44. The second-order valence-electron chi connectivity index (χ2n) is 6.03. The van der Waals surface area contributed by atoms with Crippen LogP contribution < -0.4 is 15.0 Å². The minimum atomic E-state index is -0.776. The monoisotopic (exact) mass is 366 g/mol. The summed E-state index contributed by atoms with van der Waals surface area (Å²) in [5.74, 6) is 0.731. The number of fused-ring (bicyclic) bond motifs is 1. The maximum absolute atomic E-state index is 12.6. The van der Waals surface area contributed by atoms with Crippen molar-refractivity contribution in [2.24, 2.45) is 0 Å². The van der Waals surface area contributed by atoms with Gasteiger partial charge in [-0.25, -0.2) is 9.78 Å². The molecule has 0 bridgehead atoms. The lowest BCUT2D eigenvalue weighted by atomic mass is 10.1. The fraction of sp³-hybridized carbons (Fsp3) is 0.250. The normalized spacial score (nSPS) is 11.8. The Morgan fingerprint density at radius 1 is 1.30 bits per heavy atom. The van der Waals surface area contributed by atoms with Crippen LogP contribution in [0.5, 0.6) is 5.75 Å². The Bertz CT molecular complexity index is 920. The van der Waals surface area contributed by atoms with Crippen LogP contribution in [0.15, 0.2) is 48.8 Å². The number of ether oxygens (including phenoxy) is 1. The minimum Gasteiger partial charge on any atom is -0.494 e. The molecule has 0 saturated carbocycles. The van der Waals surface area contributed by atoms with Crippen molar-refractivity contribution >= 4 is 29.0 Å². The van der Waals surface area contributed by atoms with Gasteiger partial charge in [-0.05, 0) is 42.3 Å². The van der Waals surface area contributed by atoms with Crippen LogP contribution in [0.4, 0.5) is 10.5 Å². The number of H-pyrrole nitrogens is 1. The van der Waals surface area contributed by atoms with Gasteiger partial charge in [0.2, 0.25) is 0 Å².